The molecule has 23 heavy (non-hydrogen) atoms. The van der Waals surface area contributed by atoms with E-state index in [4.69, 9.17) is 40.9 Å². The predicted molar refractivity (Wildman–Crippen MR) is 57.9 cm³/mol. The van der Waals surface area contributed by atoms with E-state index < -0.39 is 48.3 Å². The summed E-state index contributed by atoms with van der Waals surface area (Å²) in [5.41, 5.74) is 0. The van der Waals surface area contributed by atoms with E-state index in [-0.39, 0.29) is 115 Å². The maximum atomic E-state index is 9.77. The van der Waals surface area contributed by atoms with Crippen molar-refractivity contribution in [3.05, 3.63) is 0 Å². The third-order valence-corrected chi connectivity index (χ3v) is 1.61. The van der Waals surface area contributed by atoms with Gasteiger partial charge in [0.05, 0.1) is 0 Å². The Morgan fingerprint density at radius 3 is 0.652 bits per heavy atom. The summed E-state index contributed by atoms with van der Waals surface area (Å²) in [5.74, 6) is -7.07. The zero-order valence-corrected chi connectivity index (χ0v) is 19.6. The van der Waals surface area contributed by atoms with Crippen LogP contribution in [0.1, 0.15) is 4.28 Å². The Morgan fingerprint density at radius 1 is 0.522 bits per heavy atom. The molecule has 4 unspecified atom stereocenters. The van der Waals surface area contributed by atoms with Gasteiger partial charge in [0.25, 0.3) is 0 Å². The minimum Gasteiger partial charge on any atom is -1.00 e. The van der Waals surface area contributed by atoms with Gasteiger partial charge in [-0.2, -0.15) is 0 Å². The van der Waals surface area contributed by atoms with Gasteiger partial charge in [0.2, 0.25) is 0 Å². The SMILES string of the molecule is O=C(O)C(O)C(O)C(=O)O.O=C(O)C(O)C(O)C(=O)O.[H-].[H-].[H-].[K+].[Na+].[Na+]. The molecule has 0 rings (SSSR count). The third kappa shape index (κ3) is 16.6. The predicted octanol–water partition coefficient (Wildman–Crippen LogP) is -12.9. The molecule has 0 aromatic rings. The molecule has 0 aliphatic rings. The Balaban J connectivity index is -0.0000000337. The van der Waals surface area contributed by atoms with Gasteiger partial charge in [-0.05, 0) is 0 Å². The maximum Gasteiger partial charge on any atom is 1.00 e. The Bertz CT molecular complexity index is 333. The van der Waals surface area contributed by atoms with Gasteiger partial charge in [-0.15, -0.1) is 0 Å². The largest absolute Gasteiger partial charge is 1.00 e. The number of carbonyl (C=O) groups is 4. The van der Waals surface area contributed by atoms with Crippen LogP contribution in [-0.2, 0) is 19.2 Å². The number of aliphatic hydroxyl groups excluding tert-OH is 4. The maximum absolute atomic E-state index is 9.77. The van der Waals surface area contributed by atoms with E-state index in [9.17, 15) is 19.2 Å². The normalized spacial score (nSPS) is 13.7. The second-order valence-electron chi connectivity index (χ2n) is 3.13. The van der Waals surface area contributed by atoms with E-state index in [1.807, 2.05) is 0 Å². The first-order valence-corrected chi connectivity index (χ1v) is 4.57. The fourth-order valence-electron chi connectivity index (χ4n) is 0.540. The van der Waals surface area contributed by atoms with Crippen LogP contribution in [0, 0.1) is 0 Å². The van der Waals surface area contributed by atoms with Gasteiger partial charge < -0.3 is 45.1 Å². The van der Waals surface area contributed by atoms with E-state index >= 15 is 0 Å². The van der Waals surface area contributed by atoms with Crippen molar-refractivity contribution in [2.75, 3.05) is 0 Å². The van der Waals surface area contributed by atoms with Crippen molar-refractivity contribution in [2.45, 2.75) is 24.4 Å². The van der Waals surface area contributed by atoms with Gasteiger partial charge in [-0.3, -0.25) is 0 Å². The molecular formula is C8H15KNa2O12. The van der Waals surface area contributed by atoms with Crippen LogP contribution in [0.5, 0.6) is 0 Å². The molecule has 12 nitrogen and oxygen atoms in total. The van der Waals surface area contributed by atoms with Crippen LogP contribution in [0.2, 0.25) is 0 Å². The smallest absolute Gasteiger partial charge is 1.00 e. The number of aliphatic hydroxyl groups is 4. The van der Waals surface area contributed by atoms with Gasteiger partial charge in [-0.25, -0.2) is 19.2 Å². The van der Waals surface area contributed by atoms with Gasteiger partial charge in [0.15, 0.2) is 24.4 Å². The molecule has 122 valence electrons. The molecule has 0 heterocycles. The zero-order chi connectivity index (χ0) is 16.6. The average Bonchev–Trinajstić information content (AvgIpc) is 2.35. The van der Waals surface area contributed by atoms with Gasteiger partial charge in [0.1, 0.15) is 0 Å². The molecular weight excluding hydrogens is 373 g/mol. The molecule has 0 spiro atoms. The van der Waals surface area contributed by atoms with Crippen LogP contribution in [0.15, 0.2) is 0 Å². The fraction of sp³-hybridized carbons (Fsp3) is 0.500. The van der Waals surface area contributed by atoms with E-state index in [1.165, 1.54) is 0 Å². The molecule has 4 atom stereocenters. The second kappa shape index (κ2) is 18.2. The minimum atomic E-state index is -2.27. The third-order valence-electron chi connectivity index (χ3n) is 1.61. The van der Waals surface area contributed by atoms with Crippen molar-refractivity contribution in [3.63, 3.8) is 0 Å². The molecule has 0 fully saturated rings. The van der Waals surface area contributed by atoms with Gasteiger partial charge >= 0.3 is 134 Å². The van der Waals surface area contributed by atoms with Crippen molar-refractivity contribution in [2.24, 2.45) is 0 Å². The van der Waals surface area contributed by atoms with Crippen LogP contribution in [0.3, 0.4) is 0 Å². The zero-order valence-electron chi connectivity index (χ0n) is 15.5. The molecule has 0 aliphatic carbocycles. The molecule has 15 heteroatoms. The fourth-order valence-corrected chi connectivity index (χ4v) is 0.540. The van der Waals surface area contributed by atoms with Crippen LogP contribution < -0.4 is 110 Å². The van der Waals surface area contributed by atoms with E-state index in [2.05, 4.69) is 0 Å². The summed E-state index contributed by atoms with van der Waals surface area (Å²) in [5, 5.41) is 65.1. The summed E-state index contributed by atoms with van der Waals surface area (Å²) in [7, 11) is 0. The number of rotatable bonds is 6. The molecule has 0 aromatic carbocycles. The summed E-state index contributed by atoms with van der Waals surface area (Å²) >= 11 is 0. The molecule has 0 aliphatic heterocycles. The van der Waals surface area contributed by atoms with Crippen LogP contribution in [0.4, 0.5) is 0 Å². The molecule has 0 bridgehead atoms. The standard InChI is InChI=1S/2C4H6O6.K.2Na.3H/c2*5-1(3(7)8)2(6)4(9)10;;;;;;/h2*1-2,5-6H,(H,7,8)(H,9,10);;;;;;/q;;3*+1;3*-1. The summed E-state index contributed by atoms with van der Waals surface area (Å²) in [6.45, 7) is 0. The summed E-state index contributed by atoms with van der Waals surface area (Å²) < 4.78 is 0. The van der Waals surface area contributed by atoms with E-state index in [1.54, 1.807) is 0 Å². The van der Waals surface area contributed by atoms with Crippen LogP contribution >= 0.6 is 0 Å². The molecule has 0 saturated carbocycles. The van der Waals surface area contributed by atoms with Crippen LogP contribution in [-0.4, -0.2) is 89.1 Å². The van der Waals surface area contributed by atoms with E-state index in [0.29, 0.717) is 0 Å². The monoisotopic (exact) mass is 388 g/mol. The van der Waals surface area contributed by atoms with Crippen molar-refractivity contribution in [3.8, 4) is 0 Å². The quantitative estimate of drug-likeness (QED) is 0.198. The average molecular weight is 388 g/mol. The first-order valence-electron chi connectivity index (χ1n) is 4.57. The van der Waals surface area contributed by atoms with Crippen molar-refractivity contribution < 1.29 is 175 Å². The number of aliphatic carboxylic acids is 4. The molecule has 0 radical (unpaired) electrons. The summed E-state index contributed by atoms with van der Waals surface area (Å²) in [4.78, 5) is 39.1. The number of hydrogen-bond donors (Lipinski definition) is 8. The molecule has 0 aromatic heterocycles. The Labute approximate surface area is 220 Å². The number of hydrogen-bond acceptors (Lipinski definition) is 8. The molecule has 0 saturated heterocycles. The van der Waals surface area contributed by atoms with Gasteiger partial charge in [-0.1, -0.05) is 0 Å². The molecule has 0 amide bonds. The Kier molecular flexibility index (Phi) is 28.0. The first kappa shape index (κ1) is 35.5. The second-order valence-corrected chi connectivity index (χ2v) is 3.13. The summed E-state index contributed by atoms with van der Waals surface area (Å²) in [6.07, 6.45) is -9.06. The van der Waals surface area contributed by atoms with Crippen LogP contribution in [0.25, 0.3) is 0 Å². The Morgan fingerprint density at radius 2 is 0.609 bits per heavy atom. The summed E-state index contributed by atoms with van der Waals surface area (Å²) in [6, 6.07) is 0. The van der Waals surface area contributed by atoms with Crippen molar-refractivity contribution >= 4 is 23.9 Å². The number of carboxylic acid groups (broad SMARTS) is 4. The first-order chi connectivity index (χ1) is 8.93. The topological polar surface area (TPSA) is 230 Å². The molecule has 8 N–H and O–H groups in total. The number of carboxylic acids is 4. The Hall–Kier alpha value is 1.36. The minimum absolute atomic E-state index is 0. The van der Waals surface area contributed by atoms with Crippen molar-refractivity contribution in [1.29, 1.82) is 0 Å². The van der Waals surface area contributed by atoms with E-state index in [0.717, 1.165) is 0 Å². The van der Waals surface area contributed by atoms with Crippen molar-refractivity contribution in [1.82, 2.24) is 0 Å². The van der Waals surface area contributed by atoms with Gasteiger partial charge in [0, 0.05) is 0 Å².